The Morgan fingerprint density at radius 2 is 1.97 bits per heavy atom. The lowest BCUT2D eigenvalue weighted by molar-refractivity contribution is -0.132. The molecule has 0 bridgehead atoms. The first kappa shape index (κ1) is 22.6. The first-order chi connectivity index (χ1) is 16.5. The van der Waals surface area contributed by atoms with Crippen molar-refractivity contribution in [2.45, 2.75) is 57.3 Å². The molecule has 0 radical (unpaired) electrons. The van der Waals surface area contributed by atoms with Gasteiger partial charge in [0.25, 0.3) is 5.56 Å². The van der Waals surface area contributed by atoms with Crippen LogP contribution in [0.2, 0.25) is 0 Å². The number of benzene rings is 1. The predicted octanol–water partition coefficient (Wildman–Crippen LogP) is 3.02. The van der Waals surface area contributed by atoms with Crippen LogP contribution in [-0.2, 0) is 18.4 Å². The monoisotopic (exact) mass is 479 g/mol. The van der Waals surface area contributed by atoms with E-state index in [-0.39, 0.29) is 17.2 Å². The van der Waals surface area contributed by atoms with Crippen molar-refractivity contribution < 1.29 is 4.79 Å². The van der Waals surface area contributed by atoms with E-state index in [1.807, 2.05) is 40.5 Å². The van der Waals surface area contributed by atoms with E-state index in [2.05, 4.69) is 22.2 Å². The highest BCUT2D eigenvalue weighted by Gasteiger charge is 2.26. The average molecular weight is 480 g/mol. The molecule has 10 heteroatoms. The van der Waals surface area contributed by atoms with Crippen LogP contribution in [0.1, 0.15) is 43.7 Å². The molecule has 5 rings (SSSR count). The lowest BCUT2D eigenvalue weighted by atomic mass is 10.0. The third-order valence-corrected chi connectivity index (χ3v) is 7.58. The van der Waals surface area contributed by atoms with Crippen LogP contribution in [0.3, 0.4) is 0 Å². The zero-order valence-electron chi connectivity index (χ0n) is 19.8. The summed E-state index contributed by atoms with van der Waals surface area (Å²) in [6.07, 6.45) is 5.95. The van der Waals surface area contributed by atoms with E-state index in [0.29, 0.717) is 34.6 Å². The quantitative estimate of drug-likeness (QED) is 0.395. The Morgan fingerprint density at radius 1 is 1.18 bits per heavy atom. The van der Waals surface area contributed by atoms with E-state index < -0.39 is 0 Å². The number of aryl methyl sites for hydroxylation is 2. The van der Waals surface area contributed by atoms with Gasteiger partial charge in [-0.25, -0.2) is 0 Å². The van der Waals surface area contributed by atoms with Crippen LogP contribution in [-0.4, -0.2) is 58.1 Å². The molecule has 1 unspecified atom stereocenters. The smallest absolute Gasteiger partial charge is 0.281 e. The lowest BCUT2D eigenvalue weighted by Crippen LogP contribution is -2.44. The van der Waals surface area contributed by atoms with Gasteiger partial charge >= 0.3 is 0 Å². The Labute approximate surface area is 201 Å². The van der Waals surface area contributed by atoms with Gasteiger partial charge < -0.3 is 4.90 Å². The summed E-state index contributed by atoms with van der Waals surface area (Å²) in [7, 11) is 1.76. The van der Waals surface area contributed by atoms with Gasteiger partial charge in [-0.3, -0.25) is 23.2 Å². The molecular formula is C24H29N7O2S. The maximum absolute atomic E-state index is 13.4. The number of rotatable bonds is 6. The summed E-state index contributed by atoms with van der Waals surface area (Å²) in [6.45, 7) is 5.37. The number of hydrogen-bond donors (Lipinski definition) is 0. The summed E-state index contributed by atoms with van der Waals surface area (Å²) in [4.78, 5) is 28.5. The number of nitrogens with zero attached hydrogens (tertiary/aromatic N) is 7. The third kappa shape index (κ3) is 4.00. The molecule has 4 aromatic rings. The Hall–Kier alpha value is -3.14. The van der Waals surface area contributed by atoms with Gasteiger partial charge in [0, 0.05) is 19.6 Å². The highest BCUT2D eigenvalue weighted by molar-refractivity contribution is 7.99. The molecule has 1 aliphatic rings. The fraction of sp³-hybridized carbons (Fsp3) is 0.458. The fourth-order valence-corrected chi connectivity index (χ4v) is 5.60. The largest absolute Gasteiger partial charge is 0.339 e. The molecule has 34 heavy (non-hydrogen) atoms. The van der Waals surface area contributed by atoms with Gasteiger partial charge in [0.2, 0.25) is 11.7 Å². The van der Waals surface area contributed by atoms with Crippen LogP contribution in [0.5, 0.6) is 0 Å². The Bertz CT molecular complexity index is 1400. The van der Waals surface area contributed by atoms with Crippen molar-refractivity contribution in [3.8, 4) is 0 Å². The van der Waals surface area contributed by atoms with E-state index in [0.717, 1.165) is 36.9 Å². The van der Waals surface area contributed by atoms with Crippen LogP contribution >= 0.6 is 11.8 Å². The second-order valence-electron chi connectivity index (χ2n) is 8.93. The van der Waals surface area contributed by atoms with Crippen molar-refractivity contribution in [2.24, 2.45) is 7.05 Å². The molecular weight excluding hydrogens is 450 g/mol. The van der Waals surface area contributed by atoms with Crippen LogP contribution in [0.4, 0.5) is 0 Å². The van der Waals surface area contributed by atoms with E-state index in [1.165, 1.54) is 18.2 Å². The number of thioether (sulfide) groups is 1. The minimum Gasteiger partial charge on any atom is -0.339 e. The van der Waals surface area contributed by atoms with Crippen molar-refractivity contribution in [1.29, 1.82) is 0 Å². The molecule has 0 N–H and O–H groups in total. The number of carbonyl (C=O) groups is 1. The van der Waals surface area contributed by atoms with Crippen LogP contribution in [0, 0.1) is 6.92 Å². The molecule has 3 aromatic heterocycles. The first-order valence-corrected chi connectivity index (χ1v) is 12.7. The van der Waals surface area contributed by atoms with E-state index >= 15 is 0 Å². The van der Waals surface area contributed by atoms with Crippen molar-refractivity contribution >= 4 is 34.5 Å². The van der Waals surface area contributed by atoms with Gasteiger partial charge in [-0.1, -0.05) is 48.5 Å². The average Bonchev–Trinajstić information content (AvgIpc) is 3.45. The Kier molecular flexibility index (Phi) is 6.16. The highest BCUT2D eigenvalue weighted by atomic mass is 32.2. The zero-order valence-corrected chi connectivity index (χ0v) is 20.6. The minimum atomic E-state index is -0.165. The van der Waals surface area contributed by atoms with Crippen molar-refractivity contribution in [2.75, 3.05) is 12.3 Å². The maximum Gasteiger partial charge on any atom is 0.281 e. The number of carbonyl (C=O) groups excluding carboxylic acids is 1. The van der Waals surface area contributed by atoms with Crippen LogP contribution in [0.15, 0.2) is 40.4 Å². The molecule has 1 aromatic carbocycles. The third-order valence-electron chi connectivity index (χ3n) is 6.67. The molecule has 0 spiro atoms. The number of amides is 1. The second kappa shape index (κ2) is 9.25. The summed E-state index contributed by atoms with van der Waals surface area (Å²) in [5.74, 6) is 0.866. The fourth-order valence-electron chi connectivity index (χ4n) is 4.78. The summed E-state index contributed by atoms with van der Waals surface area (Å²) in [6, 6.07) is 8.40. The molecule has 0 aliphatic carbocycles. The number of hydrogen-bond acceptors (Lipinski definition) is 6. The SMILES string of the molecule is CCC1CCCCN1C(=O)CSc1nnc2n(Cc3ccc(C)cc3)c(=O)c3c(cnn3C)n12. The van der Waals surface area contributed by atoms with Gasteiger partial charge in [-0.15, -0.1) is 10.2 Å². The Balaban J connectivity index is 1.51. The van der Waals surface area contributed by atoms with E-state index in [4.69, 9.17) is 0 Å². The standard InChI is InChI=1S/C24H29N7O2S/c1-4-18-7-5-6-12-29(18)20(32)15-34-24-27-26-23-30(14-17-10-8-16(2)9-11-17)22(33)21-19(31(23)24)13-25-28(21)3/h8-11,13,18H,4-7,12,14-15H2,1-3H3. The summed E-state index contributed by atoms with van der Waals surface area (Å²) < 4.78 is 5.07. The molecule has 1 saturated heterocycles. The van der Waals surface area contributed by atoms with Gasteiger partial charge in [-0.2, -0.15) is 5.10 Å². The summed E-state index contributed by atoms with van der Waals surface area (Å²) in [5, 5.41) is 13.7. The molecule has 1 fully saturated rings. The van der Waals surface area contributed by atoms with Gasteiger partial charge in [0.15, 0.2) is 10.7 Å². The molecule has 9 nitrogen and oxygen atoms in total. The van der Waals surface area contributed by atoms with E-state index in [9.17, 15) is 9.59 Å². The number of fused-ring (bicyclic) bond motifs is 3. The molecule has 1 aliphatic heterocycles. The van der Waals surface area contributed by atoms with Crippen molar-refractivity contribution in [3.63, 3.8) is 0 Å². The van der Waals surface area contributed by atoms with Gasteiger partial charge in [0.05, 0.1) is 18.5 Å². The number of likely N-dealkylation sites (tertiary alicyclic amines) is 1. The molecule has 0 saturated carbocycles. The van der Waals surface area contributed by atoms with Crippen molar-refractivity contribution in [1.82, 2.24) is 33.8 Å². The topological polar surface area (TPSA) is 90.3 Å². The lowest BCUT2D eigenvalue weighted by Gasteiger charge is -2.35. The maximum atomic E-state index is 13.4. The van der Waals surface area contributed by atoms with Crippen molar-refractivity contribution in [3.05, 3.63) is 51.9 Å². The normalized spacial score (nSPS) is 16.6. The molecule has 1 atom stereocenters. The number of piperidine rings is 1. The zero-order chi connectivity index (χ0) is 23.8. The van der Waals surface area contributed by atoms with E-state index in [1.54, 1.807) is 22.5 Å². The van der Waals surface area contributed by atoms with Gasteiger partial charge in [-0.05, 0) is 38.2 Å². The summed E-state index contributed by atoms with van der Waals surface area (Å²) >= 11 is 1.36. The molecule has 4 heterocycles. The van der Waals surface area contributed by atoms with Crippen LogP contribution in [0.25, 0.3) is 16.8 Å². The first-order valence-electron chi connectivity index (χ1n) is 11.8. The summed E-state index contributed by atoms with van der Waals surface area (Å²) in [5.41, 5.74) is 3.12. The van der Waals surface area contributed by atoms with Crippen LogP contribution < -0.4 is 5.56 Å². The molecule has 178 valence electrons. The number of aromatic nitrogens is 6. The highest BCUT2D eigenvalue weighted by Crippen LogP contribution is 2.25. The Morgan fingerprint density at radius 3 is 2.74 bits per heavy atom. The van der Waals surface area contributed by atoms with Gasteiger partial charge in [0.1, 0.15) is 5.52 Å². The predicted molar refractivity (Wildman–Crippen MR) is 132 cm³/mol. The second-order valence-corrected chi connectivity index (χ2v) is 9.87. The minimum absolute atomic E-state index is 0.128. The molecule has 1 amide bonds.